The Balaban J connectivity index is 1.50. The van der Waals surface area contributed by atoms with Crippen LogP contribution in [0.15, 0.2) is 36.4 Å². The Kier molecular flexibility index (Phi) is 5.08. The second-order valence-electron chi connectivity index (χ2n) is 7.05. The van der Waals surface area contributed by atoms with Gasteiger partial charge in [-0.2, -0.15) is 0 Å². The van der Waals surface area contributed by atoms with Gasteiger partial charge in [-0.3, -0.25) is 9.69 Å². The zero-order valence-electron chi connectivity index (χ0n) is 16.1. The first-order chi connectivity index (χ1) is 13.5. The van der Waals surface area contributed by atoms with Gasteiger partial charge in [0.05, 0.1) is 38.4 Å². The van der Waals surface area contributed by atoms with E-state index in [0.29, 0.717) is 28.8 Å². The van der Waals surface area contributed by atoms with Crippen LogP contribution in [-0.4, -0.2) is 50.8 Å². The Bertz CT molecular complexity index is 904. The number of hydrogen-bond donors (Lipinski definition) is 0. The topological polar surface area (TPSA) is 51.2 Å². The van der Waals surface area contributed by atoms with Crippen LogP contribution in [0.5, 0.6) is 17.2 Å². The van der Waals surface area contributed by atoms with E-state index in [2.05, 4.69) is 4.90 Å². The predicted octanol–water partition coefficient (Wildman–Crippen LogP) is 3.36. The van der Waals surface area contributed by atoms with Gasteiger partial charge in [0.2, 0.25) is 5.91 Å². The number of hydrogen-bond acceptors (Lipinski definition) is 5. The summed E-state index contributed by atoms with van der Waals surface area (Å²) in [5.74, 6) is 2.13. The molecule has 2 bridgehead atoms. The first-order valence-corrected chi connectivity index (χ1v) is 9.55. The molecule has 2 aliphatic rings. The number of carbonyl (C=O) groups is 1. The van der Waals surface area contributed by atoms with Crippen molar-refractivity contribution in [2.75, 3.05) is 32.8 Å². The molecule has 0 unspecified atom stereocenters. The van der Waals surface area contributed by atoms with Gasteiger partial charge in [0.1, 0.15) is 5.75 Å². The largest absolute Gasteiger partial charge is 0.495 e. The fourth-order valence-electron chi connectivity index (χ4n) is 4.20. The first kappa shape index (κ1) is 18.9. The molecule has 2 aromatic rings. The molecule has 4 rings (SSSR count). The number of nitrogens with zero attached hydrogens (tertiary/aromatic N) is 2. The van der Waals surface area contributed by atoms with E-state index >= 15 is 0 Å². The van der Waals surface area contributed by atoms with Crippen LogP contribution in [0.1, 0.15) is 12.0 Å². The summed E-state index contributed by atoms with van der Waals surface area (Å²) in [4.78, 5) is 17.1. The van der Waals surface area contributed by atoms with Gasteiger partial charge in [0.15, 0.2) is 11.5 Å². The predicted molar refractivity (Wildman–Crippen MR) is 108 cm³/mol. The molecule has 6 nitrogen and oxygen atoms in total. The molecule has 148 valence electrons. The number of piperazine rings is 1. The van der Waals surface area contributed by atoms with Gasteiger partial charge in [-0.25, -0.2) is 0 Å². The van der Waals surface area contributed by atoms with Crippen molar-refractivity contribution in [3.8, 4) is 17.2 Å². The van der Waals surface area contributed by atoms with Crippen molar-refractivity contribution in [1.29, 1.82) is 0 Å². The summed E-state index contributed by atoms with van der Waals surface area (Å²) < 4.78 is 15.9. The van der Waals surface area contributed by atoms with E-state index in [4.69, 9.17) is 25.8 Å². The van der Waals surface area contributed by atoms with Crippen LogP contribution >= 0.6 is 11.6 Å². The highest BCUT2D eigenvalue weighted by Crippen LogP contribution is 2.39. The van der Waals surface area contributed by atoms with Crippen LogP contribution in [0.25, 0.3) is 0 Å². The molecular weight excluding hydrogens is 380 g/mol. The molecule has 7 heteroatoms. The third-order valence-electron chi connectivity index (χ3n) is 5.52. The molecule has 0 aromatic heterocycles. The second-order valence-corrected chi connectivity index (χ2v) is 7.46. The van der Waals surface area contributed by atoms with E-state index < -0.39 is 0 Å². The number of anilines is 1. The number of fused-ring (bicyclic) bond motifs is 2. The minimum absolute atomic E-state index is 0.112. The van der Waals surface area contributed by atoms with Crippen molar-refractivity contribution in [3.63, 3.8) is 0 Å². The quantitative estimate of drug-likeness (QED) is 0.741. The van der Waals surface area contributed by atoms with Crippen molar-refractivity contribution in [2.24, 2.45) is 0 Å². The summed E-state index contributed by atoms with van der Waals surface area (Å²) in [5.41, 5.74) is 1.92. The molecule has 0 saturated carbocycles. The number of likely N-dealkylation sites (tertiary alicyclic amines) is 1. The van der Waals surface area contributed by atoms with Crippen LogP contribution in [0.4, 0.5) is 5.69 Å². The molecule has 0 spiro atoms. The van der Waals surface area contributed by atoms with E-state index in [0.717, 1.165) is 24.2 Å². The van der Waals surface area contributed by atoms with Crippen LogP contribution in [-0.2, 0) is 11.3 Å². The minimum Gasteiger partial charge on any atom is -0.495 e. The average Bonchev–Trinajstić information content (AvgIpc) is 3.25. The Morgan fingerprint density at radius 1 is 1.00 bits per heavy atom. The number of carbonyl (C=O) groups excluding carboxylic acids is 1. The van der Waals surface area contributed by atoms with Crippen molar-refractivity contribution in [3.05, 3.63) is 47.0 Å². The Morgan fingerprint density at radius 2 is 1.71 bits per heavy atom. The van der Waals surface area contributed by atoms with Gasteiger partial charge in [-0.15, -0.1) is 0 Å². The Hall–Kier alpha value is -2.44. The highest BCUT2D eigenvalue weighted by Gasteiger charge is 2.50. The normalized spacial score (nSPS) is 21.3. The fraction of sp³-hybridized carbons (Fsp3) is 0.381. The highest BCUT2D eigenvalue weighted by molar-refractivity contribution is 6.32. The van der Waals surface area contributed by atoms with E-state index in [-0.39, 0.29) is 18.0 Å². The van der Waals surface area contributed by atoms with E-state index in [9.17, 15) is 4.79 Å². The minimum atomic E-state index is -0.112. The van der Waals surface area contributed by atoms with Crippen LogP contribution in [0.3, 0.4) is 0 Å². The monoisotopic (exact) mass is 402 g/mol. The molecule has 2 aliphatic heterocycles. The van der Waals surface area contributed by atoms with Gasteiger partial charge < -0.3 is 19.1 Å². The Labute approximate surface area is 169 Å². The maximum absolute atomic E-state index is 13.0. The van der Waals surface area contributed by atoms with E-state index in [1.807, 2.05) is 29.2 Å². The van der Waals surface area contributed by atoms with Crippen molar-refractivity contribution < 1.29 is 19.0 Å². The lowest BCUT2D eigenvalue weighted by molar-refractivity contribution is -0.122. The maximum atomic E-state index is 13.0. The summed E-state index contributed by atoms with van der Waals surface area (Å²) in [6.07, 6.45) is 0.829. The molecule has 28 heavy (non-hydrogen) atoms. The van der Waals surface area contributed by atoms with Gasteiger partial charge in [-0.05, 0) is 42.3 Å². The van der Waals surface area contributed by atoms with Crippen molar-refractivity contribution in [1.82, 2.24) is 4.90 Å². The van der Waals surface area contributed by atoms with Crippen LogP contribution < -0.4 is 19.1 Å². The number of ether oxygens (including phenoxy) is 3. The summed E-state index contributed by atoms with van der Waals surface area (Å²) in [6.45, 7) is 1.53. The zero-order valence-corrected chi connectivity index (χ0v) is 16.9. The standard InChI is InChI=1S/C21H23ClN2O4/c1-26-18-7-5-14(9-16(18)22)24-15-10-17(21(24)25)23(12-15)11-13-4-6-19(27-2)20(8-13)28-3/h4-9,15,17H,10-12H2,1-3H3/t15-,17-/m0/s1. The fourth-order valence-corrected chi connectivity index (χ4v) is 4.45. The summed E-state index contributed by atoms with van der Waals surface area (Å²) in [6, 6.07) is 11.4. The molecule has 0 N–H and O–H groups in total. The molecule has 0 aliphatic carbocycles. The van der Waals surface area contributed by atoms with Gasteiger partial charge >= 0.3 is 0 Å². The van der Waals surface area contributed by atoms with Crippen LogP contribution in [0, 0.1) is 0 Å². The molecule has 2 saturated heterocycles. The number of methoxy groups -OCH3 is 3. The maximum Gasteiger partial charge on any atom is 0.244 e. The molecule has 2 heterocycles. The smallest absolute Gasteiger partial charge is 0.244 e. The van der Waals surface area contributed by atoms with Gasteiger partial charge in [0, 0.05) is 18.8 Å². The van der Waals surface area contributed by atoms with E-state index in [1.165, 1.54) is 0 Å². The number of benzene rings is 2. The third-order valence-corrected chi connectivity index (χ3v) is 5.81. The third kappa shape index (κ3) is 3.16. The highest BCUT2D eigenvalue weighted by atomic mass is 35.5. The van der Waals surface area contributed by atoms with Crippen molar-refractivity contribution in [2.45, 2.75) is 25.0 Å². The molecule has 2 atom stereocenters. The first-order valence-electron chi connectivity index (χ1n) is 9.17. The summed E-state index contributed by atoms with van der Waals surface area (Å²) in [7, 11) is 4.83. The van der Waals surface area contributed by atoms with Crippen molar-refractivity contribution >= 4 is 23.2 Å². The molecule has 1 amide bonds. The molecule has 2 aromatic carbocycles. The second kappa shape index (κ2) is 7.53. The molecule has 2 fully saturated rings. The van der Waals surface area contributed by atoms with E-state index in [1.54, 1.807) is 33.5 Å². The van der Waals surface area contributed by atoms with Crippen LogP contribution in [0.2, 0.25) is 5.02 Å². The molecular formula is C21H23ClN2O4. The zero-order chi connectivity index (χ0) is 19.8. The Morgan fingerprint density at radius 3 is 2.36 bits per heavy atom. The lowest BCUT2D eigenvalue weighted by Gasteiger charge is -2.34. The van der Waals surface area contributed by atoms with Gasteiger partial charge in [-0.1, -0.05) is 17.7 Å². The van der Waals surface area contributed by atoms with Gasteiger partial charge in [0.25, 0.3) is 0 Å². The SMILES string of the molecule is COc1ccc(N2C(=O)[C@@H]3C[C@H]2CN3Cc2ccc(OC)c(OC)c2)cc1Cl. The average molecular weight is 403 g/mol. The number of halogens is 1. The lowest BCUT2D eigenvalue weighted by atomic mass is 10.1. The molecule has 0 radical (unpaired) electrons. The number of rotatable bonds is 6. The lowest BCUT2D eigenvalue weighted by Crippen LogP contribution is -2.50. The summed E-state index contributed by atoms with van der Waals surface area (Å²) >= 11 is 6.25. The summed E-state index contributed by atoms with van der Waals surface area (Å²) in [5, 5.41) is 0.512. The number of amides is 1.